The standard InChI is InChI=1S/C18H15ClO4S/c1-2-23-18(21)15-10-24(22)17-13(15)8-12(19)9-14(17)16(20)11-6-4-3-5-7-11/h3-9,15H,2,10H2,1H3. The van der Waals surface area contributed by atoms with Crippen LogP contribution in [0.3, 0.4) is 0 Å². The van der Waals surface area contributed by atoms with Crippen LogP contribution in [0.2, 0.25) is 5.02 Å². The SMILES string of the molecule is CCOC(=O)C1CS(=O)c2c(C(=O)c3ccccc3)cc(Cl)cc21. The Labute approximate surface area is 147 Å². The Balaban J connectivity index is 2.11. The first kappa shape index (κ1) is 16.9. The summed E-state index contributed by atoms with van der Waals surface area (Å²) in [6.07, 6.45) is 0. The number of ketones is 1. The van der Waals surface area contributed by atoms with E-state index in [-0.39, 0.29) is 23.7 Å². The van der Waals surface area contributed by atoms with Gasteiger partial charge in [-0.25, -0.2) is 0 Å². The van der Waals surface area contributed by atoms with E-state index in [1.54, 1.807) is 37.3 Å². The molecule has 1 heterocycles. The zero-order chi connectivity index (χ0) is 17.3. The molecule has 0 spiro atoms. The Hall–Kier alpha value is -1.98. The van der Waals surface area contributed by atoms with Crippen molar-refractivity contribution >= 4 is 34.2 Å². The van der Waals surface area contributed by atoms with Gasteiger partial charge in [-0.1, -0.05) is 41.9 Å². The van der Waals surface area contributed by atoms with Crippen LogP contribution in [0.4, 0.5) is 0 Å². The Morgan fingerprint density at radius 1 is 1.25 bits per heavy atom. The van der Waals surface area contributed by atoms with Gasteiger partial charge in [0.2, 0.25) is 0 Å². The maximum atomic E-state index is 12.8. The van der Waals surface area contributed by atoms with Crippen molar-refractivity contribution in [3.63, 3.8) is 0 Å². The molecule has 2 unspecified atom stereocenters. The predicted molar refractivity (Wildman–Crippen MR) is 92.0 cm³/mol. The molecule has 0 N–H and O–H groups in total. The molecule has 0 aromatic heterocycles. The van der Waals surface area contributed by atoms with Crippen molar-refractivity contribution in [1.82, 2.24) is 0 Å². The lowest BCUT2D eigenvalue weighted by Gasteiger charge is -2.11. The van der Waals surface area contributed by atoms with Crippen molar-refractivity contribution in [3.8, 4) is 0 Å². The van der Waals surface area contributed by atoms with E-state index in [9.17, 15) is 13.8 Å². The summed E-state index contributed by atoms with van der Waals surface area (Å²) in [7, 11) is -1.45. The van der Waals surface area contributed by atoms with E-state index < -0.39 is 22.7 Å². The lowest BCUT2D eigenvalue weighted by molar-refractivity contribution is -0.144. The molecule has 0 aliphatic carbocycles. The van der Waals surface area contributed by atoms with Crippen LogP contribution in [0.25, 0.3) is 0 Å². The third kappa shape index (κ3) is 3.01. The van der Waals surface area contributed by atoms with Crippen molar-refractivity contribution in [3.05, 3.63) is 64.2 Å². The summed E-state index contributed by atoms with van der Waals surface area (Å²) in [5.41, 5.74) is 1.30. The summed E-state index contributed by atoms with van der Waals surface area (Å²) in [6, 6.07) is 11.8. The maximum Gasteiger partial charge on any atom is 0.314 e. The fourth-order valence-corrected chi connectivity index (χ4v) is 4.68. The predicted octanol–water partition coefficient (Wildman–Crippen LogP) is 3.34. The summed E-state index contributed by atoms with van der Waals surface area (Å²) in [5.74, 6) is -1.23. The molecule has 0 amide bonds. The lowest BCUT2D eigenvalue weighted by atomic mass is 9.95. The van der Waals surface area contributed by atoms with E-state index in [1.165, 1.54) is 6.07 Å². The molecule has 2 atom stereocenters. The highest BCUT2D eigenvalue weighted by Crippen LogP contribution is 2.38. The molecule has 2 aromatic rings. The smallest absolute Gasteiger partial charge is 0.314 e. The minimum atomic E-state index is -1.45. The number of carbonyl (C=O) groups excluding carboxylic acids is 2. The first-order valence-electron chi connectivity index (χ1n) is 7.51. The van der Waals surface area contributed by atoms with Gasteiger partial charge in [-0.3, -0.25) is 13.8 Å². The molecule has 1 aliphatic heterocycles. The second-order valence-corrected chi connectivity index (χ2v) is 7.25. The van der Waals surface area contributed by atoms with Gasteiger partial charge in [0.15, 0.2) is 5.78 Å². The first-order chi connectivity index (χ1) is 11.5. The molecule has 0 saturated carbocycles. The second kappa shape index (κ2) is 6.87. The van der Waals surface area contributed by atoms with Gasteiger partial charge in [0.05, 0.1) is 28.2 Å². The molecule has 6 heteroatoms. The number of rotatable bonds is 4. The van der Waals surface area contributed by atoms with Crippen molar-refractivity contribution in [2.75, 3.05) is 12.4 Å². The molecule has 0 fully saturated rings. The van der Waals surface area contributed by atoms with Crippen LogP contribution in [0.15, 0.2) is 47.4 Å². The third-order valence-electron chi connectivity index (χ3n) is 3.86. The van der Waals surface area contributed by atoms with E-state index in [1.807, 2.05) is 6.07 Å². The van der Waals surface area contributed by atoms with Crippen molar-refractivity contribution in [1.29, 1.82) is 0 Å². The molecule has 0 bridgehead atoms. The highest BCUT2D eigenvalue weighted by Gasteiger charge is 2.38. The number of esters is 1. The summed E-state index contributed by atoms with van der Waals surface area (Å²) in [4.78, 5) is 25.3. The Morgan fingerprint density at radius 3 is 2.62 bits per heavy atom. The van der Waals surface area contributed by atoms with Gasteiger partial charge >= 0.3 is 5.97 Å². The van der Waals surface area contributed by atoms with Crippen molar-refractivity contribution in [2.24, 2.45) is 0 Å². The van der Waals surface area contributed by atoms with Gasteiger partial charge in [0.25, 0.3) is 0 Å². The van der Waals surface area contributed by atoms with E-state index in [2.05, 4.69) is 0 Å². The minimum Gasteiger partial charge on any atom is -0.465 e. The van der Waals surface area contributed by atoms with E-state index in [4.69, 9.17) is 16.3 Å². The molecule has 0 saturated heterocycles. The van der Waals surface area contributed by atoms with Crippen molar-refractivity contribution in [2.45, 2.75) is 17.7 Å². The van der Waals surface area contributed by atoms with Crippen LogP contribution < -0.4 is 0 Å². The first-order valence-corrected chi connectivity index (χ1v) is 9.20. The van der Waals surface area contributed by atoms with Gasteiger partial charge in [0.1, 0.15) is 0 Å². The average Bonchev–Trinajstić information content (AvgIpc) is 2.91. The summed E-state index contributed by atoms with van der Waals surface area (Å²) in [6.45, 7) is 1.96. The van der Waals surface area contributed by atoms with Gasteiger partial charge in [-0.05, 0) is 24.6 Å². The number of hydrogen-bond acceptors (Lipinski definition) is 4. The summed E-state index contributed by atoms with van der Waals surface area (Å²) >= 11 is 6.15. The molecule has 0 radical (unpaired) electrons. The Bertz CT molecular complexity index is 832. The molecule has 4 nitrogen and oxygen atoms in total. The van der Waals surface area contributed by atoms with E-state index in [0.29, 0.717) is 21.0 Å². The normalized spacial score (nSPS) is 18.9. The highest BCUT2D eigenvalue weighted by molar-refractivity contribution is 7.85. The van der Waals surface area contributed by atoms with Crippen molar-refractivity contribution < 1.29 is 18.5 Å². The quantitative estimate of drug-likeness (QED) is 0.618. The summed E-state index contributed by atoms with van der Waals surface area (Å²) in [5, 5.41) is 0.334. The number of hydrogen-bond donors (Lipinski definition) is 0. The molecule has 24 heavy (non-hydrogen) atoms. The number of ether oxygens (including phenoxy) is 1. The van der Waals surface area contributed by atoms with Gasteiger partial charge in [0, 0.05) is 21.9 Å². The molecule has 2 aromatic carbocycles. The molecular weight excluding hydrogens is 348 g/mol. The number of benzene rings is 2. The largest absolute Gasteiger partial charge is 0.465 e. The van der Waals surface area contributed by atoms with Crippen LogP contribution in [0, 0.1) is 0 Å². The molecule has 124 valence electrons. The number of carbonyl (C=O) groups is 2. The van der Waals surface area contributed by atoms with Crippen LogP contribution in [0.5, 0.6) is 0 Å². The van der Waals surface area contributed by atoms with Gasteiger partial charge in [-0.15, -0.1) is 0 Å². The number of fused-ring (bicyclic) bond motifs is 1. The van der Waals surface area contributed by atoms with Gasteiger partial charge in [-0.2, -0.15) is 0 Å². The lowest BCUT2D eigenvalue weighted by Crippen LogP contribution is -2.16. The van der Waals surface area contributed by atoms with E-state index >= 15 is 0 Å². The number of halogens is 1. The second-order valence-electron chi connectivity index (χ2n) is 5.38. The topological polar surface area (TPSA) is 60.4 Å². The zero-order valence-corrected chi connectivity index (χ0v) is 14.5. The van der Waals surface area contributed by atoms with E-state index in [0.717, 1.165) is 0 Å². The Morgan fingerprint density at radius 2 is 1.96 bits per heavy atom. The van der Waals surface area contributed by atoms with Crippen LogP contribution >= 0.6 is 11.6 Å². The van der Waals surface area contributed by atoms with Gasteiger partial charge < -0.3 is 4.74 Å². The average molecular weight is 363 g/mol. The highest BCUT2D eigenvalue weighted by atomic mass is 35.5. The fraction of sp³-hybridized carbons (Fsp3) is 0.222. The fourth-order valence-electron chi connectivity index (χ4n) is 2.80. The molecule has 3 rings (SSSR count). The molecular formula is C18H15ClO4S. The van der Waals surface area contributed by atoms with Crippen LogP contribution in [-0.4, -0.2) is 28.3 Å². The van der Waals surface area contributed by atoms with Crippen LogP contribution in [-0.2, 0) is 20.3 Å². The maximum absolute atomic E-state index is 12.8. The molecule has 1 aliphatic rings. The Kier molecular flexibility index (Phi) is 4.83. The minimum absolute atomic E-state index is 0.115. The van der Waals surface area contributed by atoms with Crippen LogP contribution in [0.1, 0.15) is 34.3 Å². The summed E-state index contributed by atoms with van der Waals surface area (Å²) < 4.78 is 17.6. The zero-order valence-electron chi connectivity index (χ0n) is 13.0. The monoisotopic (exact) mass is 362 g/mol. The third-order valence-corrected chi connectivity index (χ3v) is 5.62.